The fourth-order valence-corrected chi connectivity index (χ4v) is 8.01. The summed E-state index contributed by atoms with van der Waals surface area (Å²) in [6.07, 6.45) is 0.980. The minimum atomic E-state index is -1.31. The van der Waals surface area contributed by atoms with Crippen LogP contribution in [0.3, 0.4) is 0 Å². The number of halogens is 2. The number of nitrogens with two attached hydrogens (primary N) is 3. The van der Waals surface area contributed by atoms with Crippen molar-refractivity contribution in [3.63, 3.8) is 0 Å². The van der Waals surface area contributed by atoms with Crippen molar-refractivity contribution in [3.8, 4) is 33.8 Å². The topological polar surface area (TPSA) is 217 Å². The van der Waals surface area contributed by atoms with Gasteiger partial charge in [-0.3, -0.25) is 19.2 Å². The number of ketones is 2. The van der Waals surface area contributed by atoms with Gasteiger partial charge < -0.3 is 42.0 Å². The molecule has 1 aliphatic rings. The zero-order chi connectivity index (χ0) is 44.2. The molecule has 4 bridgehead atoms. The van der Waals surface area contributed by atoms with E-state index in [2.05, 4.69) is 5.32 Å². The van der Waals surface area contributed by atoms with Crippen LogP contribution in [0.25, 0.3) is 22.3 Å². The third-order valence-corrected chi connectivity index (χ3v) is 11.1. The molecule has 0 spiro atoms. The van der Waals surface area contributed by atoms with Crippen LogP contribution in [0.1, 0.15) is 66.6 Å². The standard InChI is InChI=1S/C46H53Cl2N5O8/c1-27-19-40(55)43(53(2)45(57)32(5-3-4-14-49)25-39(54)30-9-7-29(8-10-30)33-22-34(47)26-35(48)23-33)31-11-13-42(61-18-16-51)37(24-31)36-20-28(6-12-41(36)60-17-15-50)21-38(46(58)59)52-44(27)56/h6-13,20,22-24,26-27,32,38,43H,3-5,14-19,21,25,49-51H2,1-2H3,(H,52,56)(H,58,59)/t27-,32-,38+,43+/m1/s1. The lowest BCUT2D eigenvalue weighted by atomic mass is 9.88. The number of aliphatic carboxylic acids is 1. The maximum atomic E-state index is 14.8. The molecule has 1 heterocycles. The summed E-state index contributed by atoms with van der Waals surface area (Å²) in [5.74, 6) is -4.03. The molecular formula is C46H53Cl2N5O8. The summed E-state index contributed by atoms with van der Waals surface area (Å²) >= 11 is 12.4. The Kier molecular flexibility index (Phi) is 16.8. The van der Waals surface area contributed by atoms with Crippen LogP contribution < -0.4 is 32.0 Å². The molecular weight excluding hydrogens is 821 g/mol. The van der Waals surface area contributed by atoms with Crippen molar-refractivity contribution < 1.29 is 38.6 Å². The first-order valence-electron chi connectivity index (χ1n) is 20.3. The fraction of sp³-hybridized carbons (Fsp3) is 0.370. The first-order valence-corrected chi connectivity index (χ1v) is 21.1. The maximum absolute atomic E-state index is 14.8. The third-order valence-electron chi connectivity index (χ3n) is 10.6. The number of nitrogens with one attached hydrogen (secondary N) is 1. The molecule has 0 fully saturated rings. The quantitative estimate of drug-likeness (QED) is 0.0591. The van der Waals surface area contributed by atoms with E-state index in [0.717, 1.165) is 11.1 Å². The number of carbonyl (C=O) groups excluding carboxylic acids is 4. The number of hydrogen-bond donors (Lipinski definition) is 5. The van der Waals surface area contributed by atoms with Gasteiger partial charge in [-0.1, -0.05) is 72.9 Å². The molecule has 8 N–H and O–H groups in total. The Morgan fingerprint density at radius 1 is 0.803 bits per heavy atom. The van der Waals surface area contributed by atoms with Crippen molar-refractivity contribution in [1.82, 2.24) is 10.2 Å². The van der Waals surface area contributed by atoms with Crippen molar-refractivity contribution in [3.05, 3.63) is 106 Å². The first kappa shape index (κ1) is 46.8. The molecule has 1 aliphatic heterocycles. The van der Waals surface area contributed by atoms with Gasteiger partial charge in [0.1, 0.15) is 36.8 Å². The van der Waals surface area contributed by atoms with Gasteiger partial charge in [-0.15, -0.1) is 0 Å². The molecule has 2 amide bonds. The highest BCUT2D eigenvalue weighted by atomic mass is 35.5. The monoisotopic (exact) mass is 873 g/mol. The van der Waals surface area contributed by atoms with Crippen LogP contribution in [0.2, 0.25) is 10.0 Å². The minimum absolute atomic E-state index is 0.0599. The highest BCUT2D eigenvalue weighted by Crippen LogP contribution is 2.41. The molecule has 0 saturated carbocycles. The van der Waals surface area contributed by atoms with Crippen molar-refractivity contribution >= 4 is 52.6 Å². The van der Waals surface area contributed by atoms with Crippen LogP contribution >= 0.6 is 23.2 Å². The molecule has 5 rings (SSSR count). The number of carboxylic acid groups (broad SMARTS) is 1. The summed E-state index contributed by atoms with van der Waals surface area (Å²) in [4.78, 5) is 70.5. The van der Waals surface area contributed by atoms with Crippen LogP contribution in [-0.2, 0) is 25.6 Å². The summed E-state index contributed by atoms with van der Waals surface area (Å²) in [7, 11) is 1.51. The van der Waals surface area contributed by atoms with Crippen molar-refractivity contribution in [2.24, 2.45) is 29.0 Å². The van der Waals surface area contributed by atoms with Gasteiger partial charge in [-0.25, -0.2) is 4.79 Å². The van der Waals surface area contributed by atoms with Crippen LogP contribution in [0.4, 0.5) is 0 Å². The molecule has 0 aromatic heterocycles. The van der Waals surface area contributed by atoms with Gasteiger partial charge in [0.25, 0.3) is 0 Å². The molecule has 0 aliphatic carbocycles. The number of amides is 2. The predicted octanol–water partition coefficient (Wildman–Crippen LogP) is 6.24. The molecule has 4 aromatic rings. The number of ether oxygens (including phenoxy) is 2. The Hall–Kier alpha value is -5.31. The third kappa shape index (κ3) is 12.2. The van der Waals surface area contributed by atoms with E-state index >= 15 is 0 Å². The summed E-state index contributed by atoms with van der Waals surface area (Å²) in [6.45, 7) is 2.68. The zero-order valence-electron chi connectivity index (χ0n) is 34.3. The van der Waals surface area contributed by atoms with E-state index < -0.39 is 47.5 Å². The van der Waals surface area contributed by atoms with Gasteiger partial charge in [-0.2, -0.15) is 0 Å². The van der Waals surface area contributed by atoms with Crippen LogP contribution in [0, 0.1) is 11.8 Å². The number of Topliss-reactive ketones (excluding diaryl/α,β-unsaturated/α-hetero) is 2. The van der Waals surface area contributed by atoms with E-state index in [1.54, 1.807) is 78.9 Å². The average molecular weight is 875 g/mol. The maximum Gasteiger partial charge on any atom is 0.326 e. The molecule has 15 heteroatoms. The lowest BCUT2D eigenvalue weighted by molar-refractivity contribution is -0.144. The average Bonchev–Trinajstić information content (AvgIpc) is 3.23. The number of carboxylic acids is 1. The molecule has 324 valence electrons. The highest BCUT2D eigenvalue weighted by Gasteiger charge is 2.36. The Morgan fingerprint density at radius 3 is 2.03 bits per heavy atom. The Bertz CT molecular complexity index is 2200. The Morgan fingerprint density at radius 2 is 1.43 bits per heavy atom. The van der Waals surface area contributed by atoms with Gasteiger partial charge in [0.15, 0.2) is 11.6 Å². The summed E-state index contributed by atoms with van der Waals surface area (Å²) in [5, 5.41) is 13.7. The number of carbonyl (C=O) groups is 5. The number of rotatable bonds is 17. The Labute approximate surface area is 365 Å². The van der Waals surface area contributed by atoms with E-state index in [-0.39, 0.29) is 51.3 Å². The predicted molar refractivity (Wildman–Crippen MR) is 236 cm³/mol. The van der Waals surface area contributed by atoms with Gasteiger partial charge in [0, 0.05) is 78.0 Å². The van der Waals surface area contributed by atoms with E-state index in [9.17, 15) is 29.1 Å². The first-order chi connectivity index (χ1) is 29.2. The second-order valence-electron chi connectivity index (χ2n) is 15.2. The number of hydrogen-bond acceptors (Lipinski definition) is 10. The molecule has 0 saturated heterocycles. The SMILES string of the molecule is C[C@@H]1CC(=O)[C@@H](N(C)C(=O)[C@H](CCCCN)CC(=O)c2ccc(-c3cc(Cl)cc(Cl)c3)cc2)c2ccc(OCCN)c(c2)-c2cc(ccc2OCCN)C[C@@H](C(=O)O)NC1=O. The van der Waals surface area contributed by atoms with Crippen molar-refractivity contribution in [1.29, 1.82) is 0 Å². The largest absolute Gasteiger partial charge is 0.492 e. The number of nitrogens with zero attached hydrogens (tertiary/aromatic N) is 1. The summed E-state index contributed by atoms with van der Waals surface area (Å²) < 4.78 is 12.1. The zero-order valence-corrected chi connectivity index (χ0v) is 35.8. The molecule has 4 aromatic carbocycles. The van der Waals surface area contributed by atoms with Crippen molar-refractivity contribution in [2.75, 3.05) is 39.9 Å². The molecule has 0 radical (unpaired) electrons. The van der Waals surface area contributed by atoms with Crippen LogP contribution in [0.15, 0.2) is 78.9 Å². The van der Waals surface area contributed by atoms with E-state index in [1.165, 1.54) is 18.9 Å². The molecule has 0 unspecified atom stereocenters. The molecule has 61 heavy (non-hydrogen) atoms. The number of fused-ring (bicyclic) bond motifs is 5. The fourth-order valence-electron chi connectivity index (χ4n) is 7.49. The summed E-state index contributed by atoms with van der Waals surface area (Å²) in [5.41, 5.74) is 21.4. The van der Waals surface area contributed by atoms with Crippen molar-refractivity contribution in [2.45, 2.75) is 57.5 Å². The second kappa shape index (κ2) is 22.0. The summed E-state index contributed by atoms with van der Waals surface area (Å²) in [6, 6.07) is 19.9. The van der Waals surface area contributed by atoms with Gasteiger partial charge in [0.05, 0.1) is 0 Å². The lowest BCUT2D eigenvalue weighted by Gasteiger charge is -2.32. The van der Waals surface area contributed by atoms with E-state index in [1.807, 2.05) is 0 Å². The van der Waals surface area contributed by atoms with E-state index in [0.29, 0.717) is 75.2 Å². The Balaban J connectivity index is 1.57. The minimum Gasteiger partial charge on any atom is -0.492 e. The highest BCUT2D eigenvalue weighted by molar-refractivity contribution is 6.35. The van der Waals surface area contributed by atoms with Crippen LogP contribution in [-0.4, -0.2) is 85.3 Å². The number of benzene rings is 4. The van der Waals surface area contributed by atoms with Gasteiger partial charge in [0.2, 0.25) is 11.8 Å². The second-order valence-corrected chi connectivity index (χ2v) is 16.1. The smallest absolute Gasteiger partial charge is 0.326 e. The normalized spacial score (nSPS) is 17.1. The number of unbranched alkanes of at least 4 members (excludes halogenated alkanes) is 1. The molecule has 13 nitrogen and oxygen atoms in total. The lowest BCUT2D eigenvalue weighted by Crippen LogP contribution is -2.45. The number of likely N-dealkylation sites (N-methyl/N-ethyl adjacent to an activating group) is 1. The van der Waals surface area contributed by atoms with Gasteiger partial charge in [-0.05, 0) is 84.1 Å². The van der Waals surface area contributed by atoms with E-state index in [4.69, 9.17) is 49.9 Å². The van der Waals surface area contributed by atoms with Gasteiger partial charge >= 0.3 is 5.97 Å². The van der Waals surface area contributed by atoms with Crippen LogP contribution in [0.5, 0.6) is 11.5 Å². The molecule has 4 atom stereocenters.